The van der Waals surface area contributed by atoms with Gasteiger partial charge in [0.1, 0.15) is 11.2 Å². The molecule has 0 N–H and O–H groups in total. The van der Waals surface area contributed by atoms with Crippen LogP contribution in [-0.4, -0.2) is 19.5 Å². The molecular formula is C52H36N4O. The predicted molar refractivity (Wildman–Crippen MR) is 236 cm³/mol. The summed E-state index contributed by atoms with van der Waals surface area (Å²) in [5.41, 5.74) is 11.7. The number of furan rings is 1. The van der Waals surface area contributed by atoms with Gasteiger partial charge in [-0.05, 0) is 65.6 Å². The molecule has 270 valence electrons. The Morgan fingerprint density at radius 1 is 0.526 bits per heavy atom. The standard InChI is InChI=1S/C52H36N4O/c1-3-4-8-18-34(2)38-29-39(35-19-9-5-10-20-35)31-40(30-38)56-45-27-16-15-25-41(45)43-32-44-48(33-46(43)56)57-47-28-17-26-42(49(44)47)52-54-50(36-21-11-6-12-22-36)53-51(55-52)37-23-13-7-14-24-37/h3-33H,2H2,1H3/b4-3-,18-8-. The molecule has 0 aliphatic rings. The van der Waals surface area contributed by atoms with E-state index in [1.807, 2.05) is 97.9 Å². The number of allylic oxidation sites excluding steroid dienone is 5. The van der Waals surface area contributed by atoms with Gasteiger partial charge in [0.2, 0.25) is 0 Å². The lowest BCUT2D eigenvalue weighted by atomic mass is 9.98. The van der Waals surface area contributed by atoms with E-state index in [1.54, 1.807) is 0 Å². The first-order valence-electron chi connectivity index (χ1n) is 19.1. The first-order valence-corrected chi connectivity index (χ1v) is 19.1. The van der Waals surface area contributed by atoms with Crippen LogP contribution in [-0.2, 0) is 0 Å². The van der Waals surface area contributed by atoms with Crippen molar-refractivity contribution in [2.24, 2.45) is 0 Å². The number of hydrogen-bond acceptors (Lipinski definition) is 4. The smallest absolute Gasteiger partial charge is 0.164 e. The maximum absolute atomic E-state index is 6.74. The molecule has 0 spiro atoms. The van der Waals surface area contributed by atoms with Crippen molar-refractivity contribution in [2.75, 3.05) is 0 Å². The molecule has 0 unspecified atom stereocenters. The molecule has 0 bridgehead atoms. The number of fused-ring (bicyclic) bond motifs is 6. The van der Waals surface area contributed by atoms with Crippen molar-refractivity contribution in [3.8, 4) is 51.0 Å². The van der Waals surface area contributed by atoms with E-state index in [-0.39, 0.29) is 0 Å². The highest BCUT2D eigenvalue weighted by molar-refractivity contribution is 6.19. The van der Waals surface area contributed by atoms with Crippen molar-refractivity contribution in [1.29, 1.82) is 0 Å². The number of hydrogen-bond donors (Lipinski definition) is 0. The lowest BCUT2D eigenvalue weighted by Crippen LogP contribution is -2.00. The molecule has 0 aliphatic heterocycles. The average Bonchev–Trinajstić information content (AvgIpc) is 3.81. The predicted octanol–water partition coefficient (Wildman–Crippen LogP) is 13.7. The molecule has 3 aromatic heterocycles. The van der Waals surface area contributed by atoms with E-state index in [9.17, 15) is 0 Å². The normalized spacial score (nSPS) is 11.9. The van der Waals surface area contributed by atoms with Gasteiger partial charge in [-0.1, -0.05) is 152 Å². The summed E-state index contributed by atoms with van der Waals surface area (Å²) in [7, 11) is 0. The first kappa shape index (κ1) is 33.9. The Balaban J connectivity index is 1.21. The van der Waals surface area contributed by atoms with Crippen molar-refractivity contribution < 1.29 is 4.42 Å². The zero-order valence-corrected chi connectivity index (χ0v) is 31.3. The Hall–Kier alpha value is -7.63. The van der Waals surface area contributed by atoms with Crippen LogP contribution < -0.4 is 0 Å². The molecule has 3 heterocycles. The Bertz CT molecular complexity index is 3130. The van der Waals surface area contributed by atoms with Gasteiger partial charge in [0.15, 0.2) is 17.5 Å². The Morgan fingerprint density at radius 2 is 1.18 bits per heavy atom. The second kappa shape index (κ2) is 14.2. The highest BCUT2D eigenvalue weighted by Gasteiger charge is 2.21. The minimum absolute atomic E-state index is 0.590. The Labute approximate surface area is 330 Å². The molecule has 0 amide bonds. The second-order valence-electron chi connectivity index (χ2n) is 14.1. The van der Waals surface area contributed by atoms with Gasteiger partial charge >= 0.3 is 0 Å². The highest BCUT2D eigenvalue weighted by atomic mass is 16.3. The van der Waals surface area contributed by atoms with E-state index in [0.29, 0.717) is 17.5 Å². The van der Waals surface area contributed by atoms with Crippen molar-refractivity contribution >= 4 is 49.3 Å². The lowest BCUT2D eigenvalue weighted by molar-refractivity contribution is 0.669. The van der Waals surface area contributed by atoms with E-state index >= 15 is 0 Å². The molecule has 10 rings (SSSR count). The third-order valence-electron chi connectivity index (χ3n) is 10.5. The zero-order valence-electron chi connectivity index (χ0n) is 31.3. The summed E-state index contributed by atoms with van der Waals surface area (Å²) in [6.45, 7) is 6.48. The van der Waals surface area contributed by atoms with Crippen molar-refractivity contribution in [2.45, 2.75) is 6.92 Å². The molecule has 0 aliphatic carbocycles. The zero-order chi connectivity index (χ0) is 38.3. The Kier molecular flexibility index (Phi) is 8.46. The van der Waals surface area contributed by atoms with Crippen LogP contribution in [0.5, 0.6) is 0 Å². The molecule has 0 radical (unpaired) electrons. The fourth-order valence-corrected chi connectivity index (χ4v) is 7.78. The molecule has 57 heavy (non-hydrogen) atoms. The average molecular weight is 733 g/mol. The van der Waals surface area contributed by atoms with Gasteiger partial charge in [0, 0.05) is 50.0 Å². The van der Waals surface area contributed by atoms with E-state index in [0.717, 1.165) is 88.4 Å². The summed E-state index contributed by atoms with van der Waals surface area (Å²) in [6, 6.07) is 56.6. The summed E-state index contributed by atoms with van der Waals surface area (Å²) in [5, 5.41) is 4.24. The molecule has 7 aromatic carbocycles. The van der Waals surface area contributed by atoms with Gasteiger partial charge in [-0.15, -0.1) is 0 Å². The van der Waals surface area contributed by atoms with E-state index in [4.69, 9.17) is 19.4 Å². The topological polar surface area (TPSA) is 56.7 Å². The number of benzene rings is 7. The van der Waals surface area contributed by atoms with Crippen molar-refractivity contribution in [3.05, 3.63) is 200 Å². The van der Waals surface area contributed by atoms with Gasteiger partial charge in [0.05, 0.1) is 11.0 Å². The minimum Gasteiger partial charge on any atom is -0.456 e. The molecule has 10 aromatic rings. The Morgan fingerprint density at radius 3 is 1.88 bits per heavy atom. The van der Waals surface area contributed by atoms with Crippen LogP contribution in [0.25, 0.3) is 100 Å². The number of rotatable bonds is 8. The van der Waals surface area contributed by atoms with Crippen LogP contribution in [0.3, 0.4) is 0 Å². The van der Waals surface area contributed by atoms with Crippen LogP contribution in [0.4, 0.5) is 0 Å². The number of nitrogens with zero attached hydrogens (tertiary/aromatic N) is 4. The van der Waals surface area contributed by atoms with Gasteiger partial charge in [-0.3, -0.25) is 0 Å². The third-order valence-corrected chi connectivity index (χ3v) is 10.5. The molecule has 0 saturated heterocycles. The van der Waals surface area contributed by atoms with Gasteiger partial charge in [0.25, 0.3) is 0 Å². The SMILES string of the molecule is C=C(/C=C\C=C/C)c1cc(-c2ccccc2)cc(-n2c3ccccc3c3cc4c(cc32)oc2cccc(-c3nc(-c5ccccc5)nc(-c5ccccc5)n3)c24)c1. The molecule has 5 heteroatoms. The van der Waals surface area contributed by atoms with E-state index in [1.165, 1.54) is 0 Å². The molecule has 0 saturated carbocycles. The maximum Gasteiger partial charge on any atom is 0.164 e. The number of aromatic nitrogens is 4. The summed E-state index contributed by atoms with van der Waals surface area (Å²) in [4.78, 5) is 15.1. The van der Waals surface area contributed by atoms with Crippen LogP contribution in [0.1, 0.15) is 12.5 Å². The summed E-state index contributed by atoms with van der Waals surface area (Å²) in [5.74, 6) is 1.83. The van der Waals surface area contributed by atoms with E-state index in [2.05, 4.69) is 108 Å². The lowest BCUT2D eigenvalue weighted by Gasteiger charge is -2.14. The molecule has 0 atom stereocenters. The van der Waals surface area contributed by atoms with E-state index < -0.39 is 0 Å². The second-order valence-corrected chi connectivity index (χ2v) is 14.1. The summed E-state index contributed by atoms with van der Waals surface area (Å²) >= 11 is 0. The first-order chi connectivity index (χ1) is 28.1. The number of para-hydroxylation sites is 1. The third kappa shape index (κ3) is 6.12. The van der Waals surface area contributed by atoms with Crippen LogP contribution in [0.2, 0.25) is 0 Å². The quantitative estimate of drug-likeness (QED) is 0.146. The van der Waals surface area contributed by atoms with Gasteiger partial charge in [-0.25, -0.2) is 15.0 Å². The van der Waals surface area contributed by atoms with Crippen molar-refractivity contribution in [1.82, 2.24) is 19.5 Å². The fraction of sp³-hybridized carbons (Fsp3) is 0.0192. The van der Waals surface area contributed by atoms with Crippen LogP contribution in [0.15, 0.2) is 199 Å². The summed E-state index contributed by atoms with van der Waals surface area (Å²) in [6.07, 6.45) is 8.14. The van der Waals surface area contributed by atoms with Crippen LogP contribution in [0, 0.1) is 0 Å². The van der Waals surface area contributed by atoms with Crippen molar-refractivity contribution in [3.63, 3.8) is 0 Å². The molecule has 0 fully saturated rings. The van der Waals surface area contributed by atoms with Gasteiger partial charge in [-0.2, -0.15) is 0 Å². The molecule has 5 nitrogen and oxygen atoms in total. The fourth-order valence-electron chi connectivity index (χ4n) is 7.78. The minimum atomic E-state index is 0.590. The maximum atomic E-state index is 6.74. The highest BCUT2D eigenvalue weighted by Crippen LogP contribution is 2.42. The van der Waals surface area contributed by atoms with Crippen LogP contribution >= 0.6 is 0 Å². The largest absolute Gasteiger partial charge is 0.456 e. The van der Waals surface area contributed by atoms with Gasteiger partial charge < -0.3 is 8.98 Å². The molecular weight excluding hydrogens is 697 g/mol. The monoisotopic (exact) mass is 732 g/mol. The summed E-state index contributed by atoms with van der Waals surface area (Å²) < 4.78 is 9.08.